The standard InChI is InChI=1S/C2HCl3O2/c3-2(4,5)1(6)7/h(H,6,7)/i1+1,2+1. The topological polar surface area (TPSA) is 37.3 Å². The summed E-state index contributed by atoms with van der Waals surface area (Å²) in [5, 5.41) is 7.85. The molecular formula is C2HCl3O2. The van der Waals surface area contributed by atoms with Crippen LogP contribution in [0.25, 0.3) is 0 Å². The van der Waals surface area contributed by atoms with Crippen molar-refractivity contribution >= 4 is 40.8 Å². The number of hydrogen-bond acceptors (Lipinski definition) is 1. The Morgan fingerprint density at radius 2 is 1.57 bits per heavy atom. The van der Waals surface area contributed by atoms with Gasteiger partial charge in [0.05, 0.1) is 0 Å². The second kappa shape index (κ2) is 2.07. The molecule has 2 nitrogen and oxygen atoms in total. The first kappa shape index (κ1) is 7.34. The number of hydrogen-bond donors (Lipinski definition) is 1. The monoisotopic (exact) mass is 164 g/mol. The van der Waals surface area contributed by atoms with Crippen LogP contribution in [0.3, 0.4) is 0 Å². The number of carbonyl (C=O) groups is 1. The van der Waals surface area contributed by atoms with Crippen LogP contribution in [-0.4, -0.2) is 14.9 Å². The minimum atomic E-state index is -2.17. The summed E-state index contributed by atoms with van der Waals surface area (Å²) < 4.78 is -2.17. The van der Waals surface area contributed by atoms with Gasteiger partial charge in [0.2, 0.25) is 0 Å². The summed E-state index contributed by atoms with van der Waals surface area (Å²) in [7, 11) is 0. The van der Waals surface area contributed by atoms with Gasteiger partial charge in [-0.05, 0) is 0 Å². The quantitative estimate of drug-likeness (QED) is 0.436. The van der Waals surface area contributed by atoms with Crippen molar-refractivity contribution in [3.63, 3.8) is 0 Å². The average molecular weight is 165 g/mol. The molecule has 0 aliphatic carbocycles. The van der Waals surface area contributed by atoms with E-state index in [1.54, 1.807) is 0 Å². The maximum atomic E-state index is 9.62. The van der Waals surface area contributed by atoms with Crippen LogP contribution in [0.2, 0.25) is 0 Å². The predicted octanol–water partition coefficient (Wildman–Crippen LogP) is 1.44. The molecule has 0 fully saturated rings. The molecule has 5 heteroatoms. The number of rotatable bonds is 0. The van der Waals surface area contributed by atoms with E-state index in [0.717, 1.165) is 0 Å². The zero-order chi connectivity index (χ0) is 6.08. The van der Waals surface area contributed by atoms with Crippen molar-refractivity contribution in [1.82, 2.24) is 0 Å². The lowest BCUT2D eigenvalue weighted by Gasteiger charge is -1.99. The van der Waals surface area contributed by atoms with Crippen LogP contribution in [0.15, 0.2) is 0 Å². The summed E-state index contributed by atoms with van der Waals surface area (Å²) in [6.07, 6.45) is 0. The number of alkyl halides is 3. The number of carboxylic acid groups (broad SMARTS) is 1. The highest BCUT2D eigenvalue weighted by Gasteiger charge is 2.29. The highest BCUT2D eigenvalue weighted by molar-refractivity contribution is 6.75. The first-order valence-corrected chi connectivity index (χ1v) is 2.38. The number of carboxylic acids is 1. The lowest BCUT2D eigenvalue weighted by molar-refractivity contribution is -0.135. The maximum Gasteiger partial charge on any atom is 0.356 e. The Morgan fingerprint density at radius 3 is 1.57 bits per heavy atom. The van der Waals surface area contributed by atoms with Crippen LogP contribution in [-0.2, 0) is 4.79 Å². The summed E-state index contributed by atoms with van der Waals surface area (Å²) in [4.78, 5) is 9.62. The molecule has 0 aliphatic heterocycles. The van der Waals surface area contributed by atoms with E-state index < -0.39 is 9.76 Å². The molecular weight excluding hydrogens is 164 g/mol. The Kier molecular flexibility index (Phi) is 2.17. The maximum absolute atomic E-state index is 9.62. The van der Waals surface area contributed by atoms with Crippen LogP contribution in [0.1, 0.15) is 0 Å². The third-order valence-corrected chi connectivity index (χ3v) is 0.728. The van der Waals surface area contributed by atoms with Crippen molar-refractivity contribution in [3.05, 3.63) is 0 Å². The molecule has 0 radical (unpaired) electrons. The third-order valence-electron chi connectivity index (χ3n) is 0.243. The Balaban J connectivity index is 3.79. The Labute approximate surface area is 55.0 Å². The minimum absolute atomic E-state index is 1.46. The summed E-state index contributed by atoms with van der Waals surface area (Å²) in [6.45, 7) is 0. The highest BCUT2D eigenvalue weighted by Crippen LogP contribution is 2.25. The molecule has 7 heavy (non-hydrogen) atoms. The molecule has 0 amide bonds. The van der Waals surface area contributed by atoms with Gasteiger partial charge in [0.1, 0.15) is 0 Å². The van der Waals surface area contributed by atoms with Gasteiger partial charge in [-0.15, -0.1) is 0 Å². The van der Waals surface area contributed by atoms with Gasteiger partial charge in [0.15, 0.2) is 0 Å². The van der Waals surface area contributed by atoms with Crippen LogP contribution < -0.4 is 0 Å². The Bertz CT molecular complexity index is 83.4. The van der Waals surface area contributed by atoms with Crippen molar-refractivity contribution in [2.45, 2.75) is 3.79 Å². The molecule has 0 aliphatic rings. The van der Waals surface area contributed by atoms with Gasteiger partial charge in [-0.1, -0.05) is 34.8 Å². The first-order chi connectivity index (χ1) is 2.94. The zero-order valence-electron chi connectivity index (χ0n) is 2.99. The normalized spacial score (nSPS) is 11.3. The van der Waals surface area contributed by atoms with Gasteiger partial charge < -0.3 is 5.11 Å². The van der Waals surface area contributed by atoms with E-state index in [9.17, 15) is 4.79 Å². The second-order valence-electron chi connectivity index (χ2n) is 0.803. The van der Waals surface area contributed by atoms with E-state index in [2.05, 4.69) is 0 Å². The fraction of sp³-hybridized carbons (Fsp3) is 0.500. The lowest BCUT2D eigenvalue weighted by atomic mass is 11.8. The molecule has 0 spiro atoms. The van der Waals surface area contributed by atoms with Crippen LogP contribution in [0.4, 0.5) is 0 Å². The number of halogens is 3. The van der Waals surface area contributed by atoms with Crippen molar-refractivity contribution in [1.29, 1.82) is 0 Å². The molecule has 0 bridgehead atoms. The van der Waals surface area contributed by atoms with E-state index >= 15 is 0 Å². The fourth-order valence-electron chi connectivity index (χ4n) is 0. The van der Waals surface area contributed by atoms with E-state index in [4.69, 9.17) is 39.9 Å². The summed E-state index contributed by atoms with van der Waals surface area (Å²) in [5.74, 6) is -1.46. The van der Waals surface area contributed by atoms with Crippen molar-refractivity contribution < 1.29 is 9.90 Å². The van der Waals surface area contributed by atoms with Crippen molar-refractivity contribution in [2.75, 3.05) is 0 Å². The molecule has 42 valence electrons. The average Bonchev–Trinajstić information content (AvgIpc) is 1.31. The SMILES string of the molecule is O=[13C](O)[13C](Cl)(Cl)Cl. The summed E-state index contributed by atoms with van der Waals surface area (Å²) in [5.41, 5.74) is 0. The van der Waals surface area contributed by atoms with E-state index in [1.165, 1.54) is 0 Å². The molecule has 0 rings (SSSR count). The molecule has 1 N–H and O–H groups in total. The van der Waals surface area contributed by atoms with Crippen molar-refractivity contribution in [2.24, 2.45) is 0 Å². The molecule has 0 atom stereocenters. The summed E-state index contributed by atoms with van der Waals surface area (Å²) in [6, 6.07) is 0. The van der Waals surface area contributed by atoms with Crippen molar-refractivity contribution in [3.8, 4) is 0 Å². The minimum Gasteiger partial charge on any atom is -0.478 e. The molecule has 0 saturated carbocycles. The van der Waals surface area contributed by atoms with E-state index in [0.29, 0.717) is 0 Å². The molecule has 0 aromatic heterocycles. The van der Waals surface area contributed by atoms with Crippen LogP contribution in [0, 0.1) is 0 Å². The smallest absolute Gasteiger partial charge is 0.356 e. The highest BCUT2D eigenvalue weighted by atomic mass is 35.6. The molecule has 0 heterocycles. The number of aliphatic carboxylic acids is 1. The predicted molar refractivity (Wildman–Crippen MR) is 27.9 cm³/mol. The van der Waals surface area contributed by atoms with Gasteiger partial charge in [-0.25, -0.2) is 4.79 Å². The van der Waals surface area contributed by atoms with E-state index in [1.807, 2.05) is 0 Å². The fourth-order valence-corrected chi connectivity index (χ4v) is 0. The van der Waals surface area contributed by atoms with Crippen LogP contribution in [0.5, 0.6) is 0 Å². The Morgan fingerprint density at radius 1 is 1.43 bits per heavy atom. The molecule has 0 unspecified atom stereocenters. The largest absolute Gasteiger partial charge is 0.478 e. The summed E-state index contributed by atoms with van der Waals surface area (Å²) >= 11 is 14.4. The zero-order valence-corrected chi connectivity index (χ0v) is 5.26. The Hall–Kier alpha value is 0.340. The second-order valence-corrected chi connectivity index (χ2v) is 3.08. The van der Waals surface area contributed by atoms with E-state index in [-0.39, 0.29) is 0 Å². The third kappa shape index (κ3) is 2.97. The van der Waals surface area contributed by atoms with Gasteiger partial charge in [0, 0.05) is 0 Å². The van der Waals surface area contributed by atoms with Gasteiger partial charge >= 0.3 is 5.97 Å². The molecule has 0 saturated heterocycles. The lowest BCUT2D eigenvalue weighted by Crippen LogP contribution is -2.16. The van der Waals surface area contributed by atoms with Gasteiger partial charge in [0.25, 0.3) is 3.79 Å². The molecule has 0 aromatic carbocycles. The first-order valence-electron chi connectivity index (χ1n) is 1.24. The van der Waals surface area contributed by atoms with Gasteiger partial charge in [-0.3, -0.25) is 0 Å². The van der Waals surface area contributed by atoms with Gasteiger partial charge in [-0.2, -0.15) is 0 Å². The molecule has 0 aromatic rings. The van der Waals surface area contributed by atoms with Crippen LogP contribution >= 0.6 is 34.8 Å².